The highest BCUT2D eigenvalue weighted by atomic mass is 16.3. The predicted octanol–water partition coefficient (Wildman–Crippen LogP) is 15.3. The summed E-state index contributed by atoms with van der Waals surface area (Å²) in [4.78, 5) is 15.1. The molecule has 0 fully saturated rings. The molecule has 0 amide bonds. The van der Waals surface area contributed by atoms with Gasteiger partial charge in [-0.05, 0) is 102 Å². The standard InChI is InChI=1S/C47H76O2/c1-12-18-23-33(7)40-30-28-38(17-6)32-39(40)29-31-41(48)46-42(34(8)24-19-13-2)44(36(10)26-21-15-4)47(49)45(37(11)27-22-16-5)43(46)35(9)25-20-14-3/h28-37,49H,12-27H2,1-11H3/b31-29+. The quantitative estimate of drug-likeness (QED) is 0.0890. The monoisotopic (exact) mass is 673 g/mol. The lowest BCUT2D eigenvalue weighted by Crippen LogP contribution is -2.19. The molecule has 0 spiro atoms. The number of phenols is 1. The van der Waals surface area contributed by atoms with Crippen molar-refractivity contribution in [2.24, 2.45) is 0 Å². The van der Waals surface area contributed by atoms with Crippen LogP contribution in [0.1, 0.15) is 251 Å². The van der Waals surface area contributed by atoms with Crippen molar-refractivity contribution in [3.63, 3.8) is 0 Å². The molecule has 1 N–H and O–H groups in total. The lowest BCUT2D eigenvalue weighted by atomic mass is 9.71. The third-order valence-electron chi connectivity index (χ3n) is 11.3. The molecule has 2 rings (SSSR count). The highest BCUT2D eigenvalue weighted by Crippen LogP contribution is 2.50. The normalized spacial score (nSPS) is 15.0. The van der Waals surface area contributed by atoms with Crippen molar-refractivity contribution in [2.75, 3.05) is 0 Å². The summed E-state index contributed by atoms with van der Waals surface area (Å²) in [7, 11) is 0. The number of unbranched alkanes of at least 4 members (excludes halogenated alkanes) is 5. The first-order chi connectivity index (χ1) is 23.5. The van der Waals surface area contributed by atoms with Crippen LogP contribution in [0.25, 0.3) is 6.08 Å². The number of ketones is 1. The molecule has 0 aliphatic carbocycles. The number of allylic oxidation sites excluding steroid dienone is 1. The molecule has 0 radical (unpaired) electrons. The Morgan fingerprint density at radius 1 is 0.592 bits per heavy atom. The van der Waals surface area contributed by atoms with Crippen LogP contribution in [-0.2, 0) is 6.42 Å². The zero-order valence-corrected chi connectivity index (χ0v) is 33.9. The van der Waals surface area contributed by atoms with E-state index in [0.717, 1.165) is 118 Å². The molecule has 2 aromatic carbocycles. The van der Waals surface area contributed by atoms with Gasteiger partial charge in [-0.2, -0.15) is 0 Å². The highest BCUT2D eigenvalue weighted by molar-refractivity contribution is 6.10. The Kier molecular flexibility index (Phi) is 19.6. The maximum atomic E-state index is 15.1. The van der Waals surface area contributed by atoms with Gasteiger partial charge in [-0.25, -0.2) is 0 Å². The zero-order valence-electron chi connectivity index (χ0n) is 33.9. The molecule has 5 atom stereocenters. The van der Waals surface area contributed by atoms with E-state index in [2.05, 4.69) is 100 Å². The third-order valence-corrected chi connectivity index (χ3v) is 11.3. The van der Waals surface area contributed by atoms with Crippen LogP contribution in [0.5, 0.6) is 5.75 Å². The van der Waals surface area contributed by atoms with Crippen molar-refractivity contribution in [1.29, 1.82) is 0 Å². The van der Waals surface area contributed by atoms with E-state index >= 15 is 4.79 Å². The van der Waals surface area contributed by atoms with E-state index in [-0.39, 0.29) is 29.5 Å². The van der Waals surface area contributed by atoms with Crippen LogP contribution < -0.4 is 0 Å². The van der Waals surface area contributed by atoms with Gasteiger partial charge in [0.05, 0.1) is 0 Å². The van der Waals surface area contributed by atoms with Crippen LogP contribution in [0.4, 0.5) is 0 Å². The van der Waals surface area contributed by atoms with Gasteiger partial charge in [0.15, 0.2) is 5.78 Å². The molecule has 49 heavy (non-hydrogen) atoms. The third kappa shape index (κ3) is 11.9. The fourth-order valence-corrected chi connectivity index (χ4v) is 8.07. The average molecular weight is 673 g/mol. The van der Waals surface area contributed by atoms with Crippen LogP contribution in [0, 0.1) is 0 Å². The van der Waals surface area contributed by atoms with Crippen molar-refractivity contribution in [2.45, 2.75) is 208 Å². The molecule has 0 heterocycles. The summed E-state index contributed by atoms with van der Waals surface area (Å²) in [6, 6.07) is 6.89. The van der Waals surface area contributed by atoms with Crippen LogP contribution in [0.2, 0.25) is 0 Å². The van der Waals surface area contributed by atoms with Gasteiger partial charge in [-0.1, -0.05) is 165 Å². The number of carbonyl (C=O) groups excluding carboxylic acids is 1. The first-order valence-corrected chi connectivity index (χ1v) is 20.8. The Hall–Kier alpha value is -2.35. The number of aryl methyl sites for hydroxylation is 1. The maximum absolute atomic E-state index is 15.1. The molecule has 2 nitrogen and oxygen atoms in total. The first-order valence-electron chi connectivity index (χ1n) is 20.8. The Balaban J connectivity index is 3.05. The fraction of sp³-hybridized carbons (Fsp3) is 0.681. The topological polar surface area (TPSA) is 37.3 Å². The van der Waals surface area contributed by atoms with Gasteiger partial charge in [0, 0.05) is 16.7 Å². The fourth-order valence-electron chi connectivity index (χ4n) is 8.07. The highest BCUT2D eigenvalue weighted by Gasteiger charge is 2.34. The van der Waals surface area contributed by atoms with Crippen LogP contribution in [-0.4, -0.2) is 10.9 Å². The van der Waals surface area contributed by atoms with Crippen molar-refractivity contribution in [1.82, 2.24) is 0 Å². The number of hydrogen-bond donors (Lipinski definition) is 1. The number of carbonyl (C=O) groups is 1. The Bertz CT molecular complexity index is 1250. The lowest BCUT2D eigenvalue weighted by Gasteiger charge is -2.33. The second-order valence-corrected chi connectivity index (χ2v) is 15.6. The van der Waals surface area contributed by atoms with E-state index in [4.69, 9.17) is 0 Å². The van der Waals surface area contributed by atoms with E-state index in [9.17, 15) is 5.11 Å². The summed E-state index contributed by atoms with van der Waals surface area (Å²) in [5, 5.41) is 12.5. The molecule has 0 saturated carbocycles. The predicted molar refractivity (Wildman–Crippen MR) is 217 cm³/mol. The molecular formula is C47H76O2. The first kappa shape index (κ1) is 42.8. The minimum Gasteiger partial charge on any atom is -0.507 e. The summed E-state index contributed by atoms with van der Waals surface area (Å²) in [6.45, 7) is 25.0. The maximum Gasteiger partial charge on any atom is 0.186 e. The van der Waals surface area contributed by atoms with Crippen molar-refractivity contribution >= 4 is 11.9 Å². The van der Waals surface area contributed by atoms with E-state index in [1.165, 1.54) is 29.5 Å². The lowest BCUT2D eigenvalue weighted by molar-refractivity contribution is 0.104. The van der Waals surface area contributed by atoms with Crippen molar-refractivity contribution < 1.29 is 9.90 Å². The molecule has 0 aliphatic heterocycles. The van der Waals surface area contributed by atoms with E-state index in [1.54, 1.807) is 0 Å². The molecule has 2 aromatic rings. The van der Waals surface area contributed by atoms with Gasteiger partial charge in [0.2, 0.25) is 0 Å². The van der Waals surface area contributed by atoms with Crippen molar-refractivity contribution in [3.05, 3.63) is 68.8 Å². The largest absolute Gasteiger partial charge is 0.507 e. The number of aromatic hydroxyl groups is 1. The van der Waals surface area contributed by atoms with E-state index < -0.39 is 0 Å². The number of rotatable bonds is 24. The number of benzene rings is 2. The van der Waals surface area contributed by atoms with Crippen LogP contribution >= 0.6 is 0 Å². The molecular weight excluding hydrogens is 597 g/mol. The van der Waals surface area contributed by atoms with E-state index in [1.807, 2.05) is 6.08 Å². The molecule has 2 heteroatoms. The molecule has 276 valence electrons. The van der Waals surface area contributed by atoms with Gasteiger partial charge in [0.1, 0.15) is 5.75 Å². The van der Waals surface area contributed by atoms with Crippen molar-refractivity contribution in [3.8, 4) is 5.75 Å². The summed E-state index contributed by atoms with van der Waals surface area (Å²) in [6.07, 6.45) is 21.7. The Labute approximate surface area is 304 Å². The number of hydrogen-bond acceptors (Lipinski definition) is 2. The smallest absolute Gasteiger partial charge is 0.186 e. The van der Waals surface area contributed by atoms with E-state index in [0.29, 0.717) is 11.7 Å². The summed E-state index contributed by atoms with van der Waals surface area (Å²) in [5.41, 5.74) is 9.19. The summed E-state index contributed by atoms with van der Waals surface area (Å²) >= 11 is 0. The summed E-state index contributed by atoms with van der Waals surface area (Å²) < 4.78 is 0. The molecule has 0 aromatic heterocycles. The van der Waals surface area contributed by atoms with Gasteiger partial charge in [-0.3, -0.25) is 4.79 Å². The Morgan fingerprint density at radius 2 is 0.980 bits per heavy atom. The van der Waals surface area contributed by atoms with Gasteiger partial charge in [-0.15, -0.1) is 0 Å². The Morgan fingerprint density at radius 3 is 1.37 bits per heavy atom. The average Bonchev–Trinajstić information content (AvgIpc) is 3.10. The van der Waals surface area contributed by atoms with Gasteiger partial charge in [0.25, 0.3) is 0 Å². The second-order valence-electron chi connectivity index (χ2n) is 15.6. The summed E-state index contributed by atoms with van der Waals surface area (Å²) in [5.74, 6) is 1.86. The molecule has 0 aliphatic rings. The van der Waals surface area contributed by atoms with Crippen LogP contribution in [0.3, 0.4) is 0 Å². The molecule has 0 bridgehead atoms. The molecule has 5 unspecified atom stereocenters. The van der Waals surface area contributed by atoms with Gasteiger partial charge < -0.3 is 5.11 Å². The van der Waals surface area contributed by atoms with Crippen LogP contribution in [0.15, 0.2) is 24.3 Å². The minimum absolute atomic E-state index is 0.124. The molecule has 0 saturated heterocycles. The van der Waals surface area contributed by atoms with Gasteiger partial charge >= 0.3 is 0 Å². The minimum atomic E-state index is 0.124. The zero-order chi connectivity index (χ0) is 36.5. The number of phenolic OH excluding ortho intramolecular Hbond substituents is 1. The second kappa shape index (κ2) is 22.5. The SMILES string of the molecule is CCCCC(C)c1ccc(CC)cc1/C=C/C(=O)c1c(C(C)CCCC)c(C(C)CCCC)c(O)c(C(C)CCCC)c1C(C)CCCC.